The predicted octanol–water partition coefficient (Wildman–Crippen LogP) is 4.26. The number of H-pyrrole nitrogens is 1. The molecule has 1 aromatic heterocycles. The molecule has 1 heterocycles. The van der Waals surface area contributed by atoms with Crippen molar-refractivity contribution in [3.8, 4) is 0 Å². The molecule has 3 rings (SSSR count). The van der Waals surface area contributed by atoms with Gasteiger partial charge in [0.15, 0.2) is 6.29 Å². The third kappa shape index (κ3) is 4.37. The van der Waals surface area contributed by atoms with Gasteiger partial charge in [0, 0.05) is 28.6 Å². The third-order valence-corrected chi connectivity index (χ3v) is 5.03. The van der Waals surface area contributed by atoms with E-state index in [-0.39, 0.29) is 18.3 Å². The van der Waals surface area contributed by atoms with Gasteiger partial charge in [-0.25, -0.2) is 0 Å². The van der Waals surface area contributed by atoms with Crippen LogP contribution < -0.4 is 11.2 Å². The highest BCUT2D eigenvalue weighted by molar-refractivity contribution is 6.34. The number of halogens is 2. The van der Waals surface area contributed by atoms with E-state index < -0.39 is 0 Å². The Kier molecular flexibility index (Phi) is 7.06. The molecular formula is C18H22Cl2N4O2. The molecule has 0 saturated heterocycles. The van der Waals surface area contributed by atoms with Gasteiger partial charge in [-0.3, -0.25) is 9.59 Å². The van der Waals surface area contributed by atoms with Crippen molar-refractivity contribution < 1.29 is 9.59 Å². The van der Waals surface area contributed by atoms with Crippen molar-refractivity contribution in [2.75, 3.05) is 5.32 Å². The van der Waals surface area contributed by atoms with Crippen LogP contribution in [0.4, 0.5) is 5.69 Å². The maximum absolute atomic E-state index is 12.3. The van der Waals surface area contributed by atoms with Crippen LogP contribution >= 0.6 is 24.0 Å². The number of nitrogens with two attached hydrogens (primary N) is 1. The molecule has 4 N–H and O–H groups in total. The first-order chi connectivity index (χ1) is 12.1. The standard InChI is InChI=1S/C18H21ClN4O2.ClH/c19-18-14(9-21-20)17-12(10-24)7-13(8-15(17)23-18)22-16(25)6-11-4-2-1-3-5-11;/h7-11,23H,1-6,20H2,(H,22,25);1H/b21-9-;. The van der Waals surface area contributed by atoms with Gasteiger partial charge in [0.2, 0.25) is 5.91 Å². The lowest BCUT2D eigenvalue weighted by Crippen LogP contribution is -2.18. The number of nitrogens with one attached hydrogen (secondary N) is 2. The quantitative estimate of drug-likeness (QED) is 0.304. The molecule has 0 bridgehead atoms. The fourth-order valence-electron chi connectivity index (χ4n) is 3.59. The maximum Gasteiger partial charge on any atom is 0.224 e. The second-order valence-corrected chi connectivity index (χ2v) is 6.87. The molecule has 6 nitrogen and oxygen atoms in total. The van der Waals surface area contributed by atoms with E-state index in [0.29, 0.717) is 45.2 Å². The molecule has 1 aliphatic carbocycles. The lowest BCUT2D eigenvalue weighted by molar-refractivity contribution is -0.117. The van der Waals surface area contributed by atoms with E-state index in [0.717, 1.165) is 19.1 Å². The van der Waals surface area contributed by atoms with Crippen LogP contribution in [0.3, 0.4) is 0 Å². The number of benzene rings is 1. The number of carbonyl (C=O) groups is 2. The van der Waals surface area contributed by atoms with Crippen LogP contribution in [0.25, 0.3) is 10.9 Å². The SMILES string of the molecule is Cl.N/N=C\c1c(Cl)[nH]c2cc(NC(=O)CC3CCCCC3)cc(C=O)c12. The molecule has 0 atom stereocenters. The number of anilines is 1. The zero-order valence-corrected chi connectivity index (χ0v) is 15.8. The van der Waals surface area contributed by atoms with E-state index in [9.17, 15) is 9.59 Å². The summed E-state index contributed by atoms with van der Waals surface area (Å²) in [6.45, 7) is 0. The van der Waals surface area contributed by atoms with Gasteiger partial charge in [-0.05, 0) is 30.9 Å². The lowest BCUT2D eigenvalue weighted by atomic mass is 9.87. The van der Waals surface area contributed by atoms with Crippen LogP contribution in [0, 0.1) is 5.92 Å². The van der Waals surface area contributed by atoms with E-state index in [2.05, 4.69) is 15.4 Å². The molecule has 0 aliphatic heterocycles. The number of carbonyl (C=O) groups excluding carboxylic acids is 2. The van der Waals surface area contributed by atoms with Crippen molar-refractivity contribution in [2.45, 2.75) is 38.5 Å². The molecular weight excluding hydrogens is 375 g/mol. The Bertz CT molecular complexity index is 826. The number of nitrogens with zero attached hydrogens (tertiary/aromatic N) is 1. The van der Waals surface area contributed by atoms with Gasteiger partial charge in [0.05, 0.1) is 11.7 Å². The largest absolute Gasteiger partial charge is 0.345 e. The second-order valence-electron chi connectivity index (χ2n) is 6.49. The highest BCUT2D eigenvalue weighted by Crippen LogP contribution is 2.31. The number of hydrazone groups is 1. The number of rotatable bonds is 5. The number of aldehydes is 1. The molecule has 2 aromatic rings. The summed E-state index contributed by atoms with van der Waals surface area (Å²) < 4.78 is 0. The number of hydrogen-bond donors (Lipinski definition) is 3. The van der Waals surface area contributed by atoms with Crippen LogP contribution in [0.1, 0.15) is 54.4 Å². The predicted molar refractivity (Wildman–Crippen MR) is 108 cm³/mol. The average Bonchev–Trinajstić information content (AvgIpc) is 2.91. The van der Waals surface area contributed by atoms with Gasteiger partial charge < -0.3 is 16.1 Å². The summed E-state index contributed by atoms with van der Waals surface area (Å²) in [7, 11) is 0. The summed E-state index contributed by atoms with van der Waals surface area (Å²) in [6.07, 6.45) is 8.54. The molecule has 26 heavy (non-hydrogen) atoms. The fraction of sp³-hybridized carbons (Fsp3) is 0.389. The van der Waals surface area contributed by atoms with E-state index in [1.165, 1.54) is 25.5 Å². The maximum atomic E-state index is 12.3. The Hall–Kier alpha value is -2.05. The van der Waals surface area contributed by atoms with Crippen molar-refractivity contribution in [2.24, 2.45) is 16.9 Å². The van der Waals surface area contributed by atoms with Gasteiger partial charge in [0.25, 0.3) is 0 Å². The Morgan fingerprint density at radius 2 is 2.08 bits per heavy atom. The molecule has 0 spiro atoms. The summed E-state index contributed by atoms with van der Waals surface area (Å²) in [5.41, 5.74) is 2.20. The van der Waals surface area contributed by atoms with Gasteiger partial charge in [-0.2, -0.15) is 5.10 Å². The number of hydrogen-bond acceptors (Lipinski definition) is 4. The number of aromatic nitrogens is 1. The minimum Gasteiger partial charge on any atom is -0.345 e. The van der Waals surface area contributed by atoms with Gasteiger partial charge in [0.1, 0.15) is 5.15 Å². The molecule has 1 saturated carbocycles. The minimum atomic E-state index is -0.0236. The molecule has 1 aliphatic rings. The van der Waals surface area contributed by atoms with Crippen LogP contribution in [0.15, 0.2) is 17.2 Å². The topological polar surface area (TPSA) is 100 Å². The summed E-state index contributed by atoms with van der Waals surface area (Å²) in [6, 6.07) is 3.41. The average molecular weight is 397 g/mol. The van der Waals surface area contributed by atoms with Crippen molar-refractivity contribution in [3.63, 3.8) is 0 Å². The van der Waals surface area contributed by atoms with Gasteiger partial charge >= 0.3 is 0 Å². The van der Waals surface area contributed by atoms with Crippen molar-refractivity contribution >= 4 is 59.0 Å². The summed E-state index contributed by atoms with van der Waals surface area (Å²) >= 11 is 6.16. The molecule has 1 aromatic carbocycles. The molecule has 0 unspecified atom stereocenters. The minimum absolute atomic E-state index is 0. The molecule has 140 valence electrons. The molecule has 0 radical (unpaired) electrons. The van der Waals surface area contributed by atoms with Gasteiger partial charge in [-0.1, -0.05) is 30.9 Å². The normalized spacial score (nSPS) is 15.1. The Balaban J connectivity index is 0.00000243. The smallest absolute Gasteiger partial charge is 0.224 e. The summed E-state index contributed by atoms with van der Waals surface area (Å²) in [4.78, 5) is 26.8. The summed E-state index contributed by atoms with van der Waals surface area (Å²) in [5.74, 6) is 5.64. The monoisotopic (exact) mass is 396 g/mol. The first-order valence-corrected chi connectivity index (χ1v) is 8.83. The lowest BCUT2D eigenvalue weighted by Gasteiger charge is -2.20. The second kappa shape index (κ2) is 9.05. The van der Waals surface area contributed by atoms with Crippen LogP contribution in [-0.4, -0.2) is 23.4 Å². The Labute approximate surface area is 163 Å². The molecule has 1 fully saturated rings. The van der Waals surface area contributed by atoms with Crippen LogP contribution in [-0.2, 0) is 4.79 Å². The van der Waals surface area contributed by atoms with Crippen molar-refractivity contribution in [3.05, 3.63) is 28.4 Å². The highest BCUT2D eigenvalue weighted by atomic mass is 35.5. The van der Waals surface area contributed by atoms with Crippen molar-refractivity contribution in [1.82, 2.24) is 4.98 Å². The zero-order valence-electron chi connectivity index (χ0n) is 14.3. The number of aromatic amines is 1. The van der Waals surface area contributed by atoms with Crippen molar-refractivity contribution in [1.29, 1.82) is 0 Å². The van der Waals surface area contributed by atoms with E-state index >= 15 is 0 Å². The molecule has 1 amide bonds. The zero-order chi connectivity index (χ0) is 17.8. The number of amides is 1. The molecule has 8 heteroatoms. The summed E-state index contributed by atoms with van der Waals surface area (Å²) in [5, 5.41) is 7.37. The third-order valence-electron chi connectivity index (χ3n) is 4.73. The van der Waals surface area contributed by atoms with E-state index in [1.54, 1.807) is 12.1 Å². The fourth-order valence-corrected chi connectivity index (χ4v) is 3.83. The number of fused-ring (bicyclic) bond motifs is 1. The first-order valence-electron chi connectivity index (χ1n) is 8.46. The van der Waals surface area contributed by atoms with E-state index in [1.807, 2.05) is 0 Å². The highest BCUT2D eigenvalue weighted by Gasteiger charge is 2.18. The van der Waals surface area contributed by atoms with Crippen LogP contribution in [0.5, 0.6) is 0 Å². The van der Waals surface area contributed by atoms with Crippen LogP contribution in [0.2, 0.25) is 5.15 Å². The van der Waals surface area contributed by atoms with Gasteiger partial charge in [-0.15, -0.1) is 12.4 Å². The Morgan fingerprint density at radius 1 is 1.35 bits per heavy atom. The first kappa shape index (κ1) is 20.3. The Morgan fingerprint density at radius 3 is 2.73 bits per heavy atom. The van der Waals surface area contributed by atoms with E-state index in [4.69, 9.17) is 17.4 Å².